The maximum absolute atomic E-state index is 12.3. The molecule has 1 N–H and O–H groups in total. The van der Waals surface area contributed by atoms with E-state index in [1.165, 1.54) is 11.3 Å². The predicted molar refractivity (Wildman–Crippen MR) is 108 cm³/mol. The molecular formula is C20H18F2N2O2S2. The van der Waals surface area contributed by atoms with Crippen molar-refractivity contribution in [1.29, 1.82) is 0 Å². The lowest BCUT2D eigenvalue weighted by atomic mass is 10.2. The van der Waals surface area contributed by atoms with Gasteiger partial charge in [-0.25, -0.2) is 4.98 Å². The van der Waals surface area contributed by atoms with E-state index in [0.29, 0.717) is 34.6 Å². The number of hydrogen-bond acceptors (Lipinski definition) is 5. The molecular weight excluding hydrogens is 402 g/mol. The number of anilines is 1. The molecule has 0 saturated carbocycles. The molecule has 146 valence electrons. The van der Waals surface area contributed by atoms with Crippen LogP contribution in [0.3, 0.4) is 0 Å². The topological polar surface area (TPSA) is 51.2 Å². The molecule has 3 rings (SSSR count). The smallest absolute Gasteiger partial charge is 0.288 e. The Morgan fingerprint density at radius 3 is 2.57 bits per heavy atom. The minimum absolute atomic E-state index is 0.133. The molecule has 0 aliphatic heterocycles. The maximum Gasteiger partial charge on any atom is 0.288 e. The van der Waals surface area contributed by atoms with Gasteiger partial charge in [-0.15, -0.1) is 11.3 Å². The molecule has 0 unspecified atom stereocenters. The summed E-state index contributed by atoms with van der Waals surface area (Å²) in [6.07, 6.45) is 0.133. The second-order valence-corrected chi connectivity index (χ2v) is 7.97. The Morgan fingerprint density at radius 1 is 1.18 bits per heavy atom. The van der Waals surface area contributed by atoms with Crippen molar-refractivity contribution in [2.24, 2.45) is 0 Å². The summed E-state index contributed by atoms with van der Waals surface area (Å²) in [5.41, 5.74) is 2.38. The van der Waals surface area contributed by atoms with Gasteiger partial charge >= 0.3 is 0 Å². The molecule has 1 amide bonds. The summed E-state index contributed by atoms with van der Waals surface area (Å²) in [4.78, 5) is 17.0. The number of halogens is 2. The van der Waals surface area contributed by atoms with Gasteiger partial charge < -0.3 is 10.1 Å². The van der Waals surface area contributed by atoms with Crippen LogP contribution in [0.1, 0.15) is 16.3 Å². The highest BCUT2D eigenvalue weighted by atomic mass is 32.2. The third-order valence-electron chi connectivity index (χ3n) is 3.69. The summed E-state index contributed by atoms with van der Waals surface area (Å²) in [5, 5.41) is 5.36. The second kappa shape index (κ2) is 9.66. The van der Waals surface area contributed by atoms with Gasteiger partial charge in [0.1, 0.15) is 17.4 Å². The van der Waals surface area contributed by atoms with Crippen molar-refractivity contribution in [1.82, 2.24) is 4.98 Å². The highest BCUT2D eigenvalue weighted by Crippen LogP contribution is 2.26. The Kier molecular flexibility index (Phi) is 7.00. The summed E-state index contributed by atoms with van der Waals surface area (Å²) in [6.45, 7) is 2.36. The van der Waals surface area contributed by atoms with Crippen LogP contribution in [0.4, 0.5) is 14.5 Å². The highest BCUT2D eigenvalue weighted by molar-refractivity contribution is 7.99. The van der Waals surface area contributed by atoms with Crippen molar-refractivity contribution in [3.05, 3.63) is 70.2 Å². The van der Waals surface area contributed by atoms with Gasteiger partial charge in [0.15, 0.2) is 0 Å². The Hall–Kier alpha value is -2.45. The Balaban J connectivity index is 1.48. The monoisotopic (exact) mass is 420 g/mol. The summed E-state index contributed by atoms with van der Waals surface area (Å²) in [7, 11) is 0. The first-order valence-corrected chi connectivity index (χ1v) is 10.2. The van der Waals surface area contributed by atoms with E-state index < -0.39 is 5.76 Å². The van der Waals surface area contributed by atoms with Crippen molar-refractivity contribution >= 4 is 34.7 Å². The number of ether oxygens (including phenoxy) is 1. The van der Waals surface area contributed by atoms with E-state index in [1.54, 1.807) is 24.3 Å². The number of carbonyl (C=O) groups is 1. The van der Waals surface area contributed by atoms with Gasteiger partial charge in [0, 0.05) is 16.0 Å². The van der Waals surface area contributed by atoms with Crippen LogP contribution in [0, 0.1) is 6.92 Å². The van der Waals surface area contributed by atoms with Gasteiger partial charge in [0.05, 0.1) is 12.1 Å². The number of thioether (sulfide) groups is 1. The van der Waals surface area contributed by atoms with E-state index in [0.717, 1.165) is 16.3 Å². The zero-order chi connectivity index (χ0) is 19.9. The average Bonchev–Trinajstić information content (AvgIpc) is 3.09. The van der Waals surface area contributed by atoms with Gasteiger partial charge in [-0.05, 0) is 43.3 Å². The van der Waals surface area contributed by atoms with Crippen molar-refractivity contribution < 1.29 is 18.3 Å². The number of amides is 1. The summed E-state index contributed by atoms with van der Waals surface area (Å²) < 4.78 is 30.3. The third kappa shape index (κ3) is 6.31. The number of carbonyl (C=O) groups excluding carboxylic acids is 1. The predicted octanol–water partition coefficient (Wildman–Crippen LogP) is 5.53. The molecule has 0 spiro atoms. The van der Waals surface area contributed by atoms with E-state index in [1.807, 2.05) is 36.6 Å². The van der Waals surface area contributed by atoms with Crippen molar-refractivity contribution in [3.63, 3.8) is 0 Å². The number of rotatable bonds is 8. The largest absolute Gasteiger partial charge is 0.486 e. The summed E-state index contributed by atoms with van der Waals surface area (Å²) in [6, 6.07) is 14.1. The Morgan fingerprint density at radius 2 is 1.89 bits per heavy atom. The number of aryl methyl sites for hydroxylation is 1. The molecule has 0 aliphatic carbocycles. The minimum Gasteiger partial charge on any atom is -0.486 e. The van der Waals surface area contributed by atoms with Crippen LogP contribution in [0.15, 0.2) is 58.8 Å². The second-order valence-electron chi connectivity index (χ2n) is 5.96. The fourth-order valence-corrected chi connectivity index (χ4v) is 3.57. The van der Waals surface area contributed by atoms with Crippen LogP contribution in [0.2, 0.25) is 0 Å². The third-order valence-corrected chi connectivity index (χ3v) is 5.28. The van der Waals surface area contributed by atoms with Crippen LogP contribution < -0.4 is 10.1 Å². The summed E-state index contributed by atoms with van der Waals surface area (Å²) in [5.74, 6) is -1.91. The molecule has 0 atom stereocenters. The molecule has 2 aromatic carbocycles. The molecule has 0 aliphatic rings. The number of aromatic nitrogens is 1. The van der Waals surface area contributed by atoms with Gasteiger partial charge in [0.2, 0.25) is 5.91 Å². The molecule has 0 bridgehead atoms. The van der Waals surface area contributed by atoms with Crippen molar-refractivity contribution in [2.75, 3.05) is 5.32 Å². The lowest BCUT2D eigenvalue weighted by Crippen LogP contribution is -2.14. The number of nitrogens with one attached hydrogen (secondary N) is 1. The SMILES string of the molecule is Cc1ccc(OCc2nc(CC(=O)Nc3ccc(SC(F)F)cc3)cs2)cc1. The normalized spacial score (nSPS) is 10.9. The molecule has 3 aromatic rings. The zero-order valence-electron chi connectivity index (χ0n) is 15.0. The van der Waals surface area contributed by atoms with Crippen molar-refractivity contribution in [3.8, 4) is 5.75 Å². The summed E-state index contributed by atoms with van der Waals surface area (Å²) >= 11 is 1.91. The first-order chi connectivity index (χ1) is 13.5. The van der Waals surface area contributed by atoms with Gasteiger partial charge in [-0.1, -0.05) is 29.5 Å². The lowest BCUT2D eigenvalue weighted by Gasteiger charge is -2.06. The maximum atomic E-state index is 12.3. The Labute approximate surface area is 170 Å². The minimum atomic E-state index is -2.46. The molecule has 4 nitrogen and oxygen atoms in total. The lowest BCUT2D eigenvalue weighted by molar-refractivity contribution is -0.115. The molecule has 28 heavy (non-hydrogen) atoms. The fraction of sp³-hybridized carbons (Fsp3) is 0.200. The van der Waals surface area contributed by atoms with E-state index in [2.05, 4.69) is 10.3 Å². The van der Waals surface area contributed by atoms with E-state index in [9.17, 15) is 13.6 Å². The highest BCUT2D eigenvalue weighted by Gasteiger charge is 2.10. The number of alkyl halides is 2. The number of benzene rings is 2. The quantitative estimate of drug-likeness (QED) is 0.487. The fourth-order valence-electron chi connectivity index (χ4n) is 2.37. The molecule has 0 radical (unpaired) electrons. The molecule has 1 aromatic heterocycles. The van der Waals surface area contributed by atoms with Crippen LogP contribution in [0.5, 0.6) is 5.75 Å². The first-order valence-electron chi connectivity index (χ1n) is 8.45. The van der Waals surface area contributed by atoms with Gasteiger partial charge in [-0.3, -0.25) is 4.79 Å². The Bertz CT molecular complexity index is 913. The van der Waals surface area contributed by atoms with Crippen LogP contribution in [-0.2, 0) is 17.8 Å². The van der Waals surface area contributed by atoms with Gasteiger partial charge in [0.25, 0.3) is 5.76 Å². The van der Waals surface area contributed by atoms with E-state index in [-0.39, 0.29) is 12.3 Å². The molecule has 1 heterocycles. The van der Waals surface area contributed by atoms with Crippen LogP contribution in [-0.4, -0.2) is 16.6 Å². The number of nitrogens with zero attached hydrogens (tertiary/aromatic N) is 1. The van der Waals surface area contributed by atoms with E-state index >= 15 is 0 Å². The van der Waals surface area contributed by atoms with Crippen LogP contribution in [0.25, 0.3) is 0 Å². The van der Waals surface area contributed by atoms with Crippen molar-refractivity contribution in [2.45, 2.75) is 30.6 Å². The molecule has 0 fully saturated rings. The zero-order valence-corrected chi connectivity index (χ0v) is 16.7. The number of thiazole rings is 1. The van der Waals surface area contributed by atoms with E-state index in [4.69, 9.17) is 4.74 Å². The van der Waals surface area contributed by atoms with Gasteiger partial charge in [-0.2, -0.15) is 8.78 Å². The first kappa shape index (κ1) is 20.3. The van der Waals surface area contributed by atoms with Crippen LogP contribution >= 0.6 is 23.1 Å². The number of hydrogen-bond donors (Lipinski definition) is 1. The molecule has 0 saturated heterocycles. The standard InChI is InChI=1S/C20H18F2N2O2S2/c1-13-2-6-16(7-3-13)26-11-19-24-15(12-27-19)10-18(25)23-14-4-8-17(9-5-14)28-20(21)22/h2-9,12,20H,10-11H2,1H3,(H,23,25). The average molecular weight is 421 g/mol. The molecule has 8 heteroatoms.